The van der Waals surface area contributed by atoms with Gasteiger partial charge in [0, 0.05) is 44.3 Å². The van der Waals surface area contributed by atoms with Crippen molar-refractivity contribution >= 4 is 34.0 Å². The number of rotatable bonds is 5. The molecule has 46 heavy (non-hydrogen) atoms. The highest BCUT2D eigenvalue weighted by Crippen LogP contribution is 2.38. The number of fused-ring (bicyclic) bond motifs is 3. The molecule has 2 N–H and O–H groups in total. The zero-order valence-corrected chi connectivity index (χ0v) is 24.8. The third kappa shape index (κ3) is 4.81. The topological polar surface area (TPSA) is 86.4 Å². The van der Waals surface area contributed by atoms with Gasteiger partial charge in [0.2, 0.25) is 0 Å². The fourth-order valence-electron chi connectivity index (χ4n) is 6.05. The largest absolute Gasteiger partial charge is 0.298 e. The van der Waals surface area contributed by atoms with E-state index in [9.17, 15) is 5.41 Å². The molecule has 2 aromatic heterocycles. The molecule has 2 heterocycles. The number of pyridine rings is 1. The molecule has 0 aliphatic heterocycles. The average Bonchev–Trinajstić information content (AvgIpc) is 3.13. The predicted octanol–water partition coefficient (Wildman–Crippen LogP) is 9.63. The van der Waals surface area contributed by atoms with Gasteiger partial charge in [0.25, 0.3) is 0 Å². The molecule has 0 atom stereocenters. The number of allylic oxidation sites excluding steroid dienone is 1. The Bertz CT molecular complexity index is 2250. The Labute approximate surface area is 266 Å². The molecule has 5 heteroatoms. The molecule has 0 saturated heterocycles. The van der Waals surface area contributed by atoms with Gasteiger partial charge in [0.1, 0.15) is 0 Å². The van der Waals surface area contributed by atoms with Crippen molar-refractivity contribution < 1.29 is 0 Å². The smallest absolute Gasteiger partial charge is 0.160 e. The number of nitrogens with one attached hydrogen (secondary N) is 2. The van der Waals surface area contributed by atoms with Crippen LogP contribution in [0.5, 0.6) is 0 Å². The maximum absolute atomic E-state index is 9.17. The maximum Gasteiger partial charge on any atom is 0.160 e. The van der Waals surface area contributed by atoms with Crippen LogP contribution in [-0.4, -0.2) is 26.4 Å². The van der Waals surface area contributed by atoms with Crippen molar-refractivity contribution in [3.05, 3.63) is 162 Å². The van der Waals surface area contributed by atoms with Crippen LogP contribution in [0.2, 0.25) is 0 Å². The molecule has 0 fully saturated rings. The van der Waals surface area contributed by atoms with Gasteiger partial charge in [-0.25, -0.2) is 15.0 Å². The summed E-state index contributed by atoms with van der Waals surface area (Å²) in [5.74, 6) is 0.663. The van der Waals surface area contributed by atoms with Crippen LogP contribution in [0.1, 0.15) is 16.7 Å². The molecule has 1 aliphatic rings. The van der Waals surface area contributed by atoms with Crippen molar-refractivity contribution in [3.63, 3.8) is 0 Å². The molecule has 1 aliphatic carbocycles. The van der Waals surface area contributed by atoms with E-state index in [-0.39, 0.29) is 11.4 Å². The zero-order chi connectivity index (χ0) is 31.0. The first-order chi connectivity index (χ1) is 22.6. The van der Waals surface area contributed by atoms with E-state index in [0.29, 0.717) is 11.4 Å². The summed E-state index contributed by atoms with van der Waals surface area (Å²) in [5, 5.41) is 19.2. The molecule has 0 bridgehead atoms. The van der Waals surface area contributed by atoms with Gasteiger partial charge in [-0.3, -0.25) is 10.8 Å². The van der Waals surface area contributed by atoms with Crippen LogP contribution >= 0.6 is 0 Å². The van der Waals surface area contributed by atoms with E-state index in [1.165, 1.54) is 0 Å². The summed E-state index contributed by atoms with van der Waals surface area (Å²) in [4.78, 5) is 14.9. The number of benzene rings is 5. The first kappa shape index (κ1) is 27.2. The summed E-state index contributed by atoms with van der Waals surface area (Å²) in [6.45, 7) is 0. The Morgan fingerprint density at radius 1 is 0.435 bits per heavy atom. The minimum absolute atomic E-state index is 0.190. The molecule has 216 valence electrons. The molecule has 0 unspecified atom stereocenters. The lowest BCUT2D eigenvalue weighted by Gasteiger charge is -2.23. The highest BCUT2D eigenvalue weighted by molar-refractivity contribution is 6.64. The standard InChI is InChI=1S/C41H27N5/c42-38-32(24-33-37(39(38)43)31-18-10-11-19-34(31)44-40(33)29-14-6-2-7-15-29)26-20-22-28(23-21-26)36-25-35(27-12-4-1-5-13-27)45-41(46-36)30-16-8-3-9-17-30/h1-25,42-43H. The molecule has 0 spiro atoms. The fourth-order valence-corrected chi connectivity index (χ4v) is 6.05. The molecule has 8 rings (SSSR count). The summed E-state index contributed by atoms with van der Waals surface area (Å²) in [5.41, 5.74) is 10.7. The second-order valence-corrected chi connectivity index (χ2v) is 11.2. The van der Waals surface area contributed by atoms with E-state index in [1.807, 2.05) is 140 Å². The van der Waals surface area contributed by atoms with Crippen molar-refractivity contribution in [2.45, 2.75) is 0 Å². The van der Waals surface area contributed by atoms with Gasteiger partial charge in [-0.1, -0.05) is 133 Å². The zero-order valence-electron chi connectivity index (χ0n) is 24.8. The third-order valence-corrected chi connectivity index (χ3v) is 8.35. The van der Waals surface area contributed by atoms with E-state index in [0.717, 1.165) is 66.9 Å². The Balaban J connectivity index is 1.25. The van der Waals surface area contributed by atoms with E-state index in [4.69, 9.17) is 20.4 Å². The summed E-state index contributed by atoms with van der Waals surface area (Å²) in [6, 6.07) is 48.2. The van der Waals surface area contributed by atoms with Crippen LogP contribution in [0, 0.1) is 10.8 Å². The Kier molecular flexibility index (Phi) is 6.69. The van der Waals surface area contributed by atoms with Crippen molar-refractivity contribution in [2.24, 2.45) is 0 Å². The van der Waals surface area contributed by atoms with Crippen molar-refractivity contribution in [1.29, 1.82) is 10.8 Å². The number of nitrogens with zero attached hydrogens (tertiary/aromatic N) is 3. The summed E-state index contributed by atoms with van der Waals surface area (Å²) >= 11 is 0. The summed E-state index contributed by atoms with van der Waals surface area (Å²) in [6.07, 6.45) is 2.03. The monoisotopic (exact) mass is 589 g/mol. The fraction of sp³-hybridized carbons (Fsp3) is 0. The molecular weight excluding hydrogens is 562 g/mol. The number of hydrogen-bond acceptors (Lipinski definition) is 5. The van der Waals surface area contributed by atoms with Gasteiger partial charge in [-0.15, -0.1) is 0 Å². The van der Waals surface area contributed by atoms with Crippen molar-refractivity contribution in [1.82, 2.24) is 15.0 Å². The van der Waals surface area contributed by atoms with E-state index >= 15 is 0 Å². The normalized spacial score (nSPS) is 12.6. The first-order valence-corrected chi connectivity index (χ1v) is 15.1. The highest BCUT2D eigenvalue weighted by Gasteiger charge is 2.27. The van der Waals surface area contributed by atoms with Crippen molar-refractivity contribution in [2.75, 3.05) is 0 Å². The lowest BCUT2D eigenvalue weighted by Crippen LogP contribution is -2.21. The van der Waals surface area contributed by atoms with Gasteiger partial charge in [-0.2, -0.15) is 0 Å². The molecule has 5 aromatic carbocycles. The van der Waals surface area contributed by atoms with Crippen LogP contribution in [-0.2, 0) is 0 Å². The van der Waals surface area contributed by atoms with Gasteiger partial charge in [0.05, 0.1) is 34.0 Å². The molecule has 7 aromatic rings. The van der Waals surface area contributed by atoms with E-state index in [2.05, 4.69) is 12.1 Å². The van der Waals surface area contributed by atoms with Crippen LogP contribution in [0.3, 0.4) is 0 Å². The highest BCUT2D eigenvalue weighted by atomic mass is 14.9. The quantitative estimate of drug-likeness (QED) is 0.210. The minimum atomic E-state index is 0.190. The van der Waals surface area contributed by atoms with Crippen molar-refractivity contribution in [3.8, 4) is 45.2 Å². The van der Waals surface area contributed by atoms with Gasteiger partial charge < -0.3 is 0 Å². The van der Waals surface area contributed by atoms with Crippen LogP contribution in [0.25, 0.3) is 67.7 Å². The molecule has 0 saturated carbocycles. The predicted molar refractivity (Wildman–Crippen MR) is 188 cm³/mol. The molecule has 0 amide bonds. The SMILES string of the molecule is N=C1C(=N)c2c(c(-c3ccccc3)nc3ccccc23)C=C1c1ccc(-c2cc(-c3ccccc3)nc(-c3ccccc3)n2)cc1. The Morgan fingerprint density at radius 2 is 0.957 bits per heavy atom. The second kappa shape index (κ2) is 11.3. The maximum atomic E-state index is 9.17. The molecule has 0 radical (unpaired) electrons. The van der Waals surface area contributed by atoms with Crippen LogP contribution in [0.15, 0.2) is 146 Å². The first-order valence-electron chi connectivity index (χ1n) is 15.1. The van der Waals surface area contributed by atoms with Gasteiger partial charge in [-0.05, 0) is 23.8 Å². The third-order valence-electron chi connectivity index (χ3n) is 8.35. The van der Waals surface area contributed by atoms with E-state index < -0.39 is 0 Å². The number of aromatic nitrogens is 3. The van der Waals surface area contributed by atoms with Crippen LogP contribution in [0.4, 0.5) is 0 Å². The summed E-state index contributed by atoms with van der Waals surface area (Å²) in [7, 11) is 0. The number of hydrogen-bond donors (Lipinski definition) is 2. The Morgan fingerprint density at radius 3 is 1.61 bits per heavy atom. The Hall–Kier alpha value is -6.33. The molecule has 5 nitrogen and oxygen atoms in total. The van der Waals surface area contributed by atoms with Crippen LogP contribution < -0.4 is 0 Å². The average molecular weight is 590 g/mol. The number of para-hydroxylation sites is 1. The second-order valence-electron chi connectivity index (χ2n) is 11.2. The minimum Gasteiger partial charge on any atom is -0.298 e. The van der Waals surface area contributed by atoms with Gasteiger partial charge >= 0.3 is 0 Å². The lowest BCUT2D eigenvalue weighted by atomic mass is 9.82. The lowest BCUT2D eigenvalue weighted by molar-refractivity contribution is 1.18. The molecular formula is C41H27N5. The van der Waals surface area contributed by atoms with Gasteiger partial charge in [0.15, 0.2) is 5.82 Å². The summed E-state index contributed by atoms with van der Waals surface area (Å²) < 4.78 is 0. The van der Waals surface area contributed by atoms with E-state index in [1.54, 1.807) is 0 Å².